The highest BCUT2D eigenvalue weighted by Crippen LogP contribution is 2.23. The van der Waals surface area contributed by atoms with Crippen LogP contribution in [0.4, 0.5) is 15.8 Å². The monoisotopic (exact) mass is 369 g/mol. The van der Waals surface area contributed by atoms with Gasteiger partial charge < -0.3 is 4.90 Å². The van der Waals surface area contributed by atoms with Crippen LogP contribution in [0.5, 0.6) is 0 Å². The minimum atomic E-state index is -0.596. The predicted octanol–water partition coefficient (Wildman–Crippen LogP) is 2.72. The van der Waals surface area contributed by atoms with Gasteiger partial charge in [-0.05, 0) is 54.2 Å². The van der Waals surface area contributed by atoms with Crippen LogP contribution in [0.2, 0.25) is 0 Å². The normalized spacial score (nSPS) is 16.0. The summed E-state index contributed by atoms with van der Waals surface area (Å²) < 4.78 is 13.5. The van der Waals surface area contributed by atoms with Gasteiger partial charge >= 0.3 is 0 Å². The first-order chi connectivity index (χ1) is 12.4. The Morgan fingerprint density at radius 1 is 1.12 bits per heavy atom. The van der Waals surface area contributed by atoms with Crippen LogP contribution in [0.1, 0.15) is 5.56 Å². The summed E-state index contributed by atoms with van der Waals surface area (Å²) >= 11 is 5.09. The van der Waals surface area contributed by atoms with E-state index in [1.807, 2.05) is 43.3 Å². The number of rotatable bonds is 3. The largest absolute Gasteiger partial charge is 0.378 e. The zero-order chi connectivity index (χ0) is 18.8. The van der Waals surface area contributed by atoms with Crippen LogP contribution < -0.4 is 15.1 Å². The minimum absolute atomic E-state index is 0.0690. The van der Waals surface area contributed by atoms with E-state index in [1.165, 1.54) is 24.3 Å². The van der Waals surface area contributed by atoms with Gasteiger partial charge in [-0.2, -0.15) is 0 Å². The minimum Gasteiger partial charge on any atom is -0.378 e. The van der Waals surface area contributed by atoms with Crippen molar-refractivity contribution in [2.75, 3.05) is 23.9 Å². The van der Waals surface area contributed by atoms with E-state index in [0.717, 1.165) is 10.6 Å². The second kappa shape index (κ2) is 7.05. The molecule has 5 nitrogen and oxygen atoms in total. The fraction of sp³-hybridized carbons (Fsp3) is 0.105. The van der Waals surface area contributed by atoms with Crippen molar-refractivity contribution in [2.24, 2.45) is 0 Å². The molecule has 0 radical (unpaired) electrons. The van der Waals surface area contributed by atoms with Crippen LogP contribution in [0.25, 0.3) is 6.08 Å². The lowest BCUT2D eigenvalue weighted by Gasteiger charge is -2.28. The Morgan fingerprint density at radius 2 is 1.81 bits per heavy atom. The van der Waals surface area contributed by atoms with Crippen molar-refractivity contribution in [3.63, 3.8) is 0 Å². The maximum atomic E-state index is 13.5. The van der Waals surface area contributed by atoms with E-state index >= 15 is 0 Å². The smallest absolute Gasteiger partial charge is 0.270 e. The van der Waals surface area contributed by atoms with Crippen molar-refractivity contribution in [1.29, 1.82) is 0 Å². The van der Waals surface area contributed by atoms with Gasteiger partial charge in [-0.1, -0.05) is 18.2 Å². The van der Waals surface area contributed by atoms with Crippen LogP contribution in [0.15, 0.2) is 54.1 Å². The lowest BCUT2D eigenvalue weighted by Crippen LogP contribution is -2.54. The predicted molar refractivity (Wildman–Crippen MR) is 103 cm³/mol. The molecule has 2 aromatic carbocycles. The molecule has 0 aliphatic carbocycles. The van der Waals surface area contributed by atoms with Gasteiger partial charge in [-0.3, -0.25) is 19.8 Å². The zero-order valence-corrected chi connectivity index (χ0v) is 15.0. The highest BCUT2D eigenvalue weighted by atomic mass is 32.1. The van der Waals surface area contributed by atoms with Gasteiger partial charge in [0, 0.05) is 19.8 Å². The molecule has 0 saturated carbocycles. The number of halogens is 1. The van der Waals surface area contributed by atoms with Gasteiger partial charge in [0.2, 0.25) is 0 Å². The van der Waals surface area contributed by atoms with Gasteiger partial charge in [0.1, 0.15) is 11.4 Å². The number of thiocarbonyl (C=S) groups is 1. The lowest BCUT2D eigenvalue weighted by atomic mass is 10.1. The van der Waals surface area contributed by atoms with E-state index in [0.29, 0.717) is 5.56 Å². The summed E-state index contributed by atoms with van der Waals surface area (Å²) in [7, 11) is 3.84. The number of nitrogens with zero attached hydrogens (tertiary/aromatic N) is 2. The summed E-state index contributed by atoms with van der Waals surface area (Å²) in [6.45, 7) is 0. The molecule has 1 aliphatic rings. The van der Waals surface area contributed by atoms with Gasteiger partial charge in [0.15, 0.2) is 5.11 Å². The van der Waals surface area contributed by atoms with Crippen molar-refractivity contribution in [2.45, 2.75) is 0 Å². The molecule has 0 aromatic heterocycles. The van der Waals surface area contributed by atoms with Crippen molar-refractivity contribution in [3.05, 3.63) is 65.5 Å². The van der Waals surface area contributed by atoms with E-state index in [2.05, 4.69) is 5.32 Å². The molecule has 0 bridgehead atoms. The average molecular weight is 369 g/mol. The van der Waals surface area contributed by atoms with Gasteiger partial charge in [-0.15, -0.1) is 0 Å². The maximum absolute atomic E-state index is 13.5. The summed E-state index contributed by atoms with van der Waals surface area (Å²) in [5, 5.41) is 2.40. The third kappa shape index (κ3) is 3.48. The molecule has 26 heavy (non-hydrogen) atoms. The molecule has 1 aliphatic heterocycles. The fourth-order valence-corrected chi connectivity index (χ4v) is 2.82. The SMILES string of the molecule is CN(C)c1ccc(/C=C2\C(=O)NC(=S)N(c3cccc(F)c3)C2=O)cc1. The first kappa shape index (κ1) is 17.8. The molecular weight excluding hydrogens is 353 g/mol. The lowest BCUT2D eigenvalue weighted by molar-refractivity contribution is -0.122. The molecule has 0 unspecified atom stereocenters. The maximum Gasteiger partial charge on any atom is 0.270 e. The van der Waals surface area contributed by atoms with Crippen LogP contribution in [0.3, 0.4) is 0 Å². The van der Waals surface area contributed by atoms with Crippen LogP contribution >= 0.6 is 12.2 Å². The van der Waals surface area contributed by atoms with E-state index in [4.69, 9.17) is 12.2 Å². The first-order valence-corrected chi connectivity index (χ1v) is 8.22. The van der Waals surface area contributed by atoms with Crippen molar-refractivity contribution in [1.82, 2.24) is 5.32 Å². The number of amides is 2. The molecule has 1 heterocycles. The number of anilines is 2. The van der Waals surface area contributed by atoms with Crippen LogP contribution in [-0.4, -0.2) is 31.0 Å². The van der Waals surface area contributed by atoms with Crippen molar-refractivity contribution in [3.8, 4) is 0 Å². The molecule has 132 valence electrons. The standard InChI is InChI=1S/C19H16FN3O2S/c1-22(2)14-8-6-12(7-9-14)10-16-17(24)21-19(26)23(18(16)25)15-5-3-4-13(20)11-15/h3-11H,1-2H3,(H,21,24,26)/b16-10+. The Morgan fingerprint density at radius 3 is 2.42 bits per heavy atom. The van der Waals surface area contributed by atoms with Gasteiger partial charge in [0.25, 0.3) is 11.8 Å². The molecule has 0 spiro atoms. The number of hydrogen-bond acceptors (Lipinski definition) is 4. The average Bonchev–Trinajstić information content (AvgIpc) is 2.59. The van der Waals surface area contributed by atoms with Gasteiger partial charge in [0.05, 0.1) is 5.69 Å². The molecule has 3 rings (SSSR count). The Kier molecular flexibility index (Phi) is 4.81. The molecule has 2 amide bonds. The van der Waals surface area contributed by atoms with E-state index in [1.54, 1.807) is 6.07 Å². The van der Waals surface area contributed by atoms with E-state index in [-0.39, 0.29) is 16.4 Å². The molecule has 0 atom stereocenters. The number of hydrogen-bond donors (Lipinski definition) is 1. The highest BCUT2D eigenvalue weighted by molar-refractivity contribution is 7.80. The number of nitrogens with one attached hydrogen (secondary N) is 1. The number of benzene rings is 2. The third-order valence-electron chi connectivity index (χ3n) is 3.89. The quantitative estimate of drug-likeness (QED) is 0.514. The zero-order valence-electron chi connectivity index (χ0n) is 14.2. The summed E-state index contributed by atoms with van der Waals surface area (Å²) in [4.78, 5) is 28.1. The summed E-state index contributed by atoms with van der Waals surface area (Å²) in [5.41, 5.74) is 1.88. The second-order valence-electron chi connectivity index (χ2n) is 5.92. The number of carbonyl (C=O) groups excluding carboxylic acids is 2. The summed E-state index contributed by atoms with van der Waals surface area (Å²) in [5.74, 6) is -1.68. The molecular formula is C19H16FN3O2S. The second-order valence-corrected chi connectivity index (χ2v) is 6.31. The van der Waals surface area contributed by atoms with Gasteiger partial charge in [-0.25, -0.2) is 4.39 Å². The van der Waals surface area contributed by atoms with E-state index < -0.39 is 17.6 Å². The van der Waals surface area contributed by atoms with Crippen molar-refractivity contribution >= 4 is 46.6 Å². The van der Waals surface area contributed by atoms with Crippen LogP contribution in [0, 0.1) is 5.82 Å². The molecule has 7 heteroatoms. The first-order valence-electron chi connectivity index (χ1n) is 7.81. The molecule has 1 fully saturated rings. The highest BCUT2D eigenvalue weighted by Gasteiger charge is 2.34. The Labute approximate surface area is 155 Å². The number of carbonyl (C=O) groups is 2. The van der Waals surface area contributed by atoms with Crippen molar-refractivity contribution < 1.29 is 14.0 Å². The molecule has 2 aromatic rings. The third-order valence-corrected chi connectivity index (χ3v) is 4.17. The fourth-order valence-electron chi connectivity index (χ4n) is 2.54. The van der Waals surface area contributed by atoms with E-state index in [9.17, 15) is 14.0 Å². The van der Waals surface area contributed by atoms with Crippen LogP contribution in [-0.2, 0) is 9.59 Å². The molecule has 1 N–H and O–H groups in total. The Balaban J connectivity index is 1.97. The molecule has 1 saturated heterocycles. The topological polar surface area (TPSA) is 52.7 Å². The summed E-state index contributed by atoms with van der Waals surface area (Å²) in [6.07, 6.45) is 1.49. The Bertz CT molecular complexity index is 923. The summed E-state index contributed by atoms with van der Waals surface area (Å²) in [6, 6.07) is 12.9. The Hall–Kier alpha value is -3.06.